The summed E-state index contributed by atoms with van der Waals surface area (Å²) in [4.78, 5) is 12.3. The number of benzene rings is 2. The van der Waals surface area contributed by atoms with Crippen LogP contribution in [0.15, 0.2) is 76.2 Å². The van der Waals surface area contributed by atoms with Gasteiger partial charge in [-0.05, 0) is 60.7 Å². The Hall–Kier alpha value is -2.78. The van der Waals surface area contributed by atoms with Crippen molar-refractivity contribution in [2.75, 3.05) is 6.54 Å². The summed E-state index contributed by atoms with van der Waals surface area (Å²) >= 11 is 5.81. The van der Waals surface area contributed by atoms with Crippen LogP contribution in [-0.4, -0.2) is 20.9 Å². The molecular weight excluding hydrogens is 443 g/mol. The second kappa shape index (κ2) is 8.53. The molecule has 3 aromatic rings. The van der Waals surface area contributed by atoms with Gasteiger partial charge in [0.2, 0.25) is 0 Å². The third-order valence-electron chi connectivity index (χ3n) is 4.30. The van der Waals surface area contributed by atoms with Gasteiger partial charge in [-0.25, -0.2) is 8.42 Å². The zero-order chi connectivity index (χ0) is 21.9. The lowest BCUT2D eigenvalue weighted by Crippen LogP contribution is -2.31. The standard InChI is InChI=1S/C20H15ClF3NO4S/c21-15-7-9-16(10-8-15)30(27,28)18(17-2-1-11-29-17)12-25-19(26)13-3-5-14(6-4-13)20(22,23)24/h1-11,18H,12H2,(H,25,26)/t18-/m1/s1. The number of rotatable bonds is 6. The molecule has 5 nitrogen and oxygen atoms in total. The van der Waals surface area contributed by atoms with E-state index in [0.29, 0.717) is 5.02 Å². The maximum absolute atomic E-state index is 13.1. The number of halogens is 4. The Balaban J connectivity index is 1.81. The minimum Gasteiger partial charge on any atom is -0.468 e. The first-order valence-electron chi connectivity index (χ1n) is 8.57. The first kappa shape index (κ1) is 21.9. The van der Waals surface area contributed by atoms with Gasteiger partial charge < -0.3 is 9.73 Å². The molecular formula is C20H15ClF3NO4S. The van der Waals surface area contributed by atoms with Crippen LogP contribution in [0.1, 0.15) is 26.9 Å². The quantitative estimate of drug-likeness (QED) is 0.571. The van der Waals surface area contributed by atoms with Crippen LogP contribution < -0.4 is 5.32 Å². The Morgan fingerprint density at radius 2 is 1.67 bits per heavy atom. The molecule has 30 heavy (non-hydrogen) atoms. The second-order valence-corrected chi connectivity index (χ2v) is 8.86. The molecule has 1 heterocycles. The van der Waals surface area contributed by atoms with Crippen LogP contribution in [0.25, 0.3) is 0 Å². The Kier molecular flexibility index (Phi) is 6.23. The van der Waals surface area contributed by atoms with Crippen LogP contribution in [0.5, 0.6) is 0 Å². The fourth-order valence-corrected chi connectivity index (χ4v) is 4.44. The van der Waals surface area contributed by atoms with E-state index in [0.717, 1.165) is 24.3 Å². The summed E-state index contributed by atoms with van der Waals surface area (Å²) in [5.41, 5.74) is -0.928. The highest BCUT2D eigenvalue weighted by atomic mass is 35.5. The van der Waals surface area contributed by atoms with Crippen LogP contribution in [0.3, 0.4) is 0 Å². The van der Waals surface area contributed by atoms with Crippen LogP contribution >= 0.6 is 11.6 Å². The molecule has 0 unspecified atom stereocenters. The van der Waals surface area contributed by atoms with Gasteiger partial charge in [-0.1, -0.05) is 11.6 Å². The highest BCUT2D eigenvalue weighted by Crippen LogP contribution is 2.30. The number of sulfone groups is 1. The largest absolute Gasteiger partial charge is 0.468 e. The van der Waals surface area contributed by atoms with E-state index >= 15 is 0 Å². The summed E-state index contributed by atoms with van der Waals surface area (Å²) in [6.07, 6.45) is -3.22. The Morgan fingerprint density at radius 1 is 1.03 bits per heavy atom. The molecule has 0 aliphatic heterocycles. The molecule has 1 N–H and O–H groups in total. The molecule has 0 saturated heterocycles. The Bertz CT molecular complexity index is 1110. The van der Waals surface area contributed by atoms with Crippen LogP contribution in [0.4, 0.5) is 13.2 Å². The zero-order valence-electron chi connectivity index (χ0n) is 15.2. The molecule has 0 radical (unpaired) electrons. The Morgan fingerprint density at radius 3 is 2.20 bits per heavy atom. The molecule has 2 aromatic carbocycles. The minimum absolute atomic E-state index is 0.0166. The fourth-order valence-electron chi connectivity index (χ4n) is 2.72. The third-order valence-corrected chi connectivity index (χ3v) is 6.63. The molecule has 0 saturated carbocycles. The highest BCUT2D eigenvalue weighted by Gasteiger charge is 2.32. The third kappa shape index (κ3) is 4.85. The van der Waals surface area contributed by atoms with Crippen molar-refractivity contribution >= 4 is 27.3 Å². The maximum Gasteiger partial charge on any atom is 0.416 e. The number of alkyl halides is 3. The molecule has 1 atom stereocenters. The monoisotopic (exact) mass is 457 g/mol. The number of hydrogen-bond acceptors (Lipinski definition) is 4. The number of furan rings is 1. The molecule has 0 aliphatic carbocycles. The van der Waals surface area contributed by atoms with E-state index in [4.69, 9.17) is 16.0 Å². The topological polar surface area (TPSA) is 76.4 Å². The zero-order valence-corrected chi connectivity index (χ0v) is 16.8. The van der Waals surface area contributed by atoms with Crippen molar-refractivity contribution in [3.05, 3.63) is 88.8 Å². The average molecular weight is 458 g/mol. The number of amides is 1. The molecule has 0 spiro atoms. The molecule has 1 amide bonds. The van der Waals surface area contributed by atoms with E-state index in [1.54, 1.807) is 0 Å². The number of carbonyl (C=O) groups excluding carboxylic acids is 1. The molecule has 0 fully saturated rings. The first-order valence-corrected chi connectivity index (χ1v) is 10.5. The smallest absolute Gasteiger partial charge is 0.416 e. The van der Waals surface area contributed by atoms with Gasteiger partial charge in [-0.15, -0.1) is 0 Å². The van der Waals surface area contributed by atoms with Gasteiger partial charge in [-0.2, -0.15) is 13.2 Å². The van der Waals surface area contributed by atoms with E-state index < -0.39 is 32.7 Å². The van der Waals surface area contributed by atoms with Crippen molar-refractivity contribution in [3.63, 3.8) is 0 Å². The number of hydrogen-bond donors (Lipinski definition) is 1. The van der Waals surface area contributed by atoms with Crippen molar-refractivity contribution in [2.45, 2.75) is 16.3 Å². The summed E-state index contributed by atoms with van der Waals surface area (Å²) in [6, 6.07) is 12.1. The lowest BCUT2D eigenvalue weighted by molar-refractivity contribution is -0.137. The molecule has 3 rings (SSSR count). The van der Waals surface area contributed by atoms with E-state index in [-0.39, 0.29) is 22.8 Å². The fraction of sp³-hybridized carbons (Fsp3) is 0.150. The Labute approximate surface area is 175 Å². The van der Waals surface area contributed by atoms with Gasteiger partial charge in [0.15, 0.2) is 9.84 Å². The summed E-state index contributed by atoms with van der Waals surface area (Å²) in [5.74, 6) is -0.607. The lowest BCUT2D eigenvalue weighted by atomic mass is 10.1. The summed E-state index contributed by atoms with van der Waals surface area (Å²) in [7, 11) is -3.96. The normalized spacial score (nSPS) is 13.1. The van der Waals surface area contributed by atoms with Crippen molar-refractivity contribution in [1.29, 1.82) is 0 Å². The summed E-state index contributed by atoms with van der Waals surface area (Å²) < 4.78 is 69.4. The van der Waals surface area contributed by atoms with E-state index in [9.17, 15) is 26.4 Å². The summed E-state index contributed by atoms with van der Waals surface area (Å²) in [5, 5.41) is 1.56. The van der Waals surface area contributed by atoms with E-state index in [2.05, 4.69) is 5.32 Å². The SMILES string of the molecule is O=C(NC[C@H](c1ccco1)S(=O)(=O)c1ccc(Cl)cc1)c1ccc(C(F)(F)F)cc1. The van der Waals surface area contributed by atoms with Crippen molar-refractivity contribution in [3.8, 4) is 0 Å². The van der Waals surface area contributed by atoms with E-state index in [1.165, 1.54) is 42.7 Å². The molecule has 1 aromatic heterocycles. The van der Waals surface area contributed by atoms with Crippen LogP contribution in [0, 0.1) is 0 Å². The first-order chi connectivity index (χ1) is 14.1. The highest BCUT2D eigenvalue weighted by molar-refractivity contribution is 7.91. The number of nitrogens with one attached hydrogen (secondary N) is 1. The second-order valence-electron chi connectivity index (χ2n) is 6.29. The van der Waals surface area contributed by atoms with Gasteiger partial charge in [0.1, 0.15) is 11.0 Å². The molecule has 158 valence electrons. The van der Waals surface area contributed by atoms with Gasteiger partial charge in [0.05, 0.1) is 16.7 Å². The molecule has 10 heteroatoms. The van der Waals surface area contributed by atoms with Crippen LogP contribution in [0.2, 0.25) is 5.02 Å². The average Bonchev–Trinajstić information content (AvgIpc) is 3.22. The summed E-state index contributed by atoms with van der Waals surface area (Å²) in [6.45, 7) is -0.349. The minimum atomic E-state index is -4.52. The van der Waals surface area contributed by atoms with Gasteiger partial charge in [0.25, 0.3) is 5.91 Å². The van der Waals surface area contributed by atoms with Crippen molar-refractivity contribution in [1.82, 2.24) is 5.32 Å². The molecule has 0 bridgehead atoms. The van der Waals surface area contributed by atoms with Gasteiger partial charge in [0, 0.05) is 17.1 Å². The lowest BCUT2D eigenvalue weighted by Gasteiger charge is -2.17. The number of carbonyl (C=O) groups is 1. The van der Waals surface area contributed by atoms with Gasteiger partial charge >= 0.3 is 6.18 Å². The molecule has 0 aliphatic rings. The van der Waals surface area contributed by atoms with E-state index in [1.807, 2.05) is 0 Å². The van der Waals surface area contributed by atoms with Gasteiger partial charge in [-0.3, -0.25) is 4.79 Å². The van der Waals surface area contributed by atoms with Crippen molar-refractivity contribution < 1.29 is 30.8 Å². The van der Waals surface area contributed by atoms with Crippen molar-refractivity contribution in [2.24, 2.45) is 0 Å². The predicted molar refractivity (Wildman–Crippen MR) is 104 cm³/mol. The maximum atomic E-state index is 13.1. The predicted octanol–water partition coefficient (Wildman–Crippen LogP) is 4.90. The van der Waals surface area contributed by atoms with Crippen LogP contribution in [-0.2, 0) is 16.0 Å².